The fourth-order valence-corrected chi connectivity index (χ4v) is 2.27. The molecule has 0 heterocycles. The fourth-order valence-electron chi connectivity index (χ4n) is 2.27. The highest BCUT2D eigenvalue weighted by Crippen LogP contribution is 2.26. The van der Waals surface area contributed by atoms with Crippen molar-refractivity contribution in [2.24, 2.45) is 0 Å². The Labute approximate surface area is 114 Å². The third-order valence-corrected chi connectivity index (χ3v) is 3.15. The van der Waals surface area contributed by atoms with Gasteiger partial charge in [0, 0.05) is 6.61 Å². The van der Waals surface area contributed by atoms with Crippen LogP contribution < -0.4 is 4.74 Å². The van der Waals surface area contributed by atoms with Gasteiger partial charge >= 0.3 is 0 Å². The summed E-state index contributed by atoms with van der Waals surface area (Å²) >= 11 is 0. The molecular weight excluding hydrogens is 236 g/mol. The van der Waals surface area contributed by atoms with E-state index in [4.69, 9.17) is 9.84 Å². The summed E-state index contributed by atoms with van der Waals surface area (Å²) in [5.41, 5.74) is 4.57. The Bertz CT molecular complexity index is 509. The summed E-state index contributed by atoms with van der Waals surface area (Å²) in [4.78, 5) is 0. The molecule has 1 N–H and O–H groups in total. The van der Waals surface area contributed by atoms with Gasteiger partial charge in [-0.05, 0) is 42.5 Å². The minimum atomic E-state index is 0.184. The van der Waals surface area contributed by atoms with Gasteiger partial charge in [0.2, 0.25) is 0 Å². The van der Waals surface area contributed by atoms with Crippen molar-refractivity contribution in [1.29, 1.82) is 0 Å². The summed E-state index contributed by atoms with van der Waals surface area (Å²) in [6.07, 6.45) is 0.695. The van der Waals surface area contributed by atoms with Gasteiger partial charge in [0.15, 0.2) is 0 Å². The quantitative estimate of drug-likeness (QED) is 0.888. The van der Waals surface area contributed by atoms with E-state index in [2.05, 4.69) is 24.3 Å². The maximum atomic E-state index is 8.99. The second-order valence-corrected chi connectivity index (χ2v) is 4.81. The minimum Gasteiger partial charge on any atom is -0.488 e. The van der Waals surface area contributed by atoms with E-state index >= 15 is 0 Å². The highest BCUT2D eigenvalue weighted by molar-refractivity contribution is 5.43. The average Bonchev–Trinajstić information content (AvgIpc) is 2.39. The Morgan fingerprint density at radius 3 is 2.16 bits per heavy atom. The molecule has 0 fully saturated rings. The van der Waals surface area contributed by atoms with Crippen molar-refractivity contribution >= 4 is 0 Å². The molecule has 0 radical (unpaired) electrons. The summed E-state index contributed by atoms with van der Waals surface area (Å²) in [7, 11) is 0. The molecular formula is C17H20O2. The lowest BCUT2D eigenvalue weighted by atomic mass is 10.0. The molecule has 0 saturated carbocycles. The van der Waals surface area contributed by atoms with E-state index in [1.165, 1.54) is 5.56 Å². The van der Waals surface area contributed by atoms with Crippen molar-refractivity contribution in [2.45, 2.75) is 26.9 Å². The Morgan fingerprint density at radius 2 is 1.58 bits per heavy atom. The molecule has 0 atom stereocenters. The molecule has 19 heavy (non-hydrogen) atoms. The van der Waals surface area contributed by atoms with Gasteiger partial charge in [0.25, 0.3) is 0 Å². The summed E-state index contributed by atoms with van der Waals surface area (Å²) in [5.74, 6) is 0.950. The normalized spacial score (nSPS) is 10.5. The van der Waals surface area contributed by atoms with Crippen LogP contribution in [0.15, 0.2) is 42.5 Å². The topological polar surface area (TPSA) is 29.5 Å². The first-order valence-electron chi connectivity index (χ1n) is 6.58. The number of hydrogen-bond acceptors (Lipinski definition) is 2. The third-order valence-electron chi connectivity index (χ3n) is 3.15. The Hall–Kier alpha value is -1.80. The smallest absolute Gasteiger partial charge is 0.125 e. The van der Waals surface area contributed by atoms with Crippen molar-refractivity contribution < 1.29 is 9.84 Å². The van der Waals surface area contributed by atoms with Crippen LogP contribution in [0.2, 0.25) is 0 Å². The van der Waals surface area contributed by atoms with Crippen LogP contribution in [0.1, 0.15) is 22.3 Å². The molecule has 2 nitrogen and oxygen atoms in total. The van der Waals surface area contributed by atoms with Gasteiger partial charge in [-0.2, -0.15) is 0 Å². The molecule has 2 rings (SSSR count). The number of aryl methyl sites for hydroxylation is 2. The van der Waals surface area contributed by atoms with Gasteiger partial charge in [-0.3, -0.25) is 0 Å². The Morgan fingerprint density at radius 1 is 0.947 bits per heavy atom. The Kier molecular flexibility index (Phi) is 4.58. The summed E-state index contributed by atoms with van der Waals surface area (Å²) in [6.45, 7) is 4.87. The largest absolute Gasteiger partial charge is 0.488 e. The van der Waals surface area contributed by atoms with Gasteiger partial charge < -0.3 is 9.84 Å². The zero-order chi connectivity index (χ0) is 13.7. The van der Waals surface area contributed by atoms with Gasteiger partial charge in [-0.25, -0.2) is 0 Å². The van der Waals surface area contributed by atoms with Gasteiger partial charge in [0.1, 0.15) is 12.4 Å². The zero-order valence-electron chi connectivity index (χ0n) is 11.5. The number of hydrogen-bond donors (Lipinski definition) is 1. The van der Waals surface area contributed by atoms with E-state index in [9.17, 15) is 0 Å². The molecule has 0 aromatic heterocycles. The van der Waals surface area contributed by atoms with Gasteiger partial charge in [-0.15, -0.1) is 0 Å². The lowest BCUT2D eigenvalue weighted by Gasteiger charge is -2.14. The molecule has 0 aliphatic carbocycles. The lowest BCUT2D eigenvalue weighted by molar-refractivity contribution is 0.297. The molecule has 2 aromatic rings. The van der Waals surface area contributed by atoms with Crippen LogP contribution in [0.5, 0.6) is 5.75 Å². The van der Waals surface area contributed by atoms with E-state index in [0.717, 1.165) is 22.4 Å². The lowest BCUT2D eigenvalue weighted by Crippen LogP contribution is -2.01. The number of aliphatic hydroxyl groups excluding tert-OH is 1. The van der Waals surface area contributed by atoms with Crippen LogP contribution in [0, 0.1) is 13.8 Å². The fraction of sp³-hybridized carbons (Fsp3) is 0.294. The Balaban J connectivity index is 2.12. The van der Waals surface area contributed by atoms with Crippen molar-refractivity contribution in [3.05, 3.63) is 64.7 Å². The SMILES string of the molecule is Cc1cc(CCO)cc(C)c1OCc1ccccc1. The predicted octanol–water partition coefficient (Wildman–Crippen LogP) is 3.42. The molecule has 2 heteroatoms. The third kappa shape index (κ3) is 3.58. The van der Waals surface area contributed by atoms with Crippen molar-refractivity contribution in [3.63, 3.8) is 0 Å². The van der Waals surface area contributed by atoms with Crippen LogP contribution in [0.25, 0.3) is 0 Å². The number of rotatable bonds is 5. The van der Waals surface area contributed by atoms with Crippen molar-refractivity contribution in [3.8, 4) is 5.75 Å². The van der Waals surface area contributed by atoms with Crippen molar-refractivity contribution in [2.75, 3.05) is 6.61 Å². The van der Waals surface area contributed by atoms with Gasteiger partial charge in [0.05, 0.1) is 0 Å². The zero-order valence-corrected chi connectivity index (χ0v) is 11.5. The first kappa shape index (κ1) is 13.6. The van der Waals surface area contributed by atoms with Crippen LogP contribution in [0.3, 0.4) is 0 Å². The summed E-state index contributed by atoms with van der Waals surface area (Å²) in [6, 6.07) is 14.3. The summed E-state index contributed by atoms with van der Waals surface area (Å²) < 4.78 is 5.92. The molecule has 0 unspecified atom stereocenters. The highest BCUT2D eigenvalue weighted by Gasteiger charge is 2.06. The second-order valence-electron chi connectivity index (χ2n) is 4.81. The first-order chi connectivity index (χ1) is 9.20. The first-order valence-corrected chi connectivity index (χ1v) is 6.58. The molecule has 2 aromatic carbocycles. The summed E-state index contributed by atoms with van der Waals surface area (Å²) in [5, 5.41) is 8.99. The number of ether oxygens (including phenoxy) is 1. The molecule has 100 valence electrons. The predicted molar refractivity (Wildman–Crippen MR) is 77.5 cm³/mol. The molecule has 0 spiro atoms. The van der Waals surface area contributed by atoms with Gasteiger partial charge in [-0.1, -0.05) is 42.5 Å². The number of aliphatic hydroxyl groups is 1. The molecule has 0 saturated heterocycles. The minimum absolute atomic E-state index is 0.184. The number of benzene rings is 2. The highest BCUT2D eigenvalue weighted by atomic mass is 16.5. The van der Waals surface area contributed by atoms with Crippen LogP contribution in [-0.4, -0.2) is 11.7 Å². The molecule has 0 amide bonds. The van der Waals surface area contributed by atoms with Crippen LogP contribution >= 0.6 is 0 Å². The van der Waals surface area contributed by atoms with Crippen LogP contribution in [0.4, 0.5) is 0 Å². The second kappa shape index (κ2) is 6.39. The average molecular weight is 256 g/mol. The van der Waals surface area contributed by atoms with E-state index in [-0.39, 0.29) is 6.61 Å². The van der Waals surface area contributed by atoms with E-state index < -0.39 is 0 Å². The standard InChI is InChI=1S/C17H20O2/c1-13-10-16(8-9-18)11-14(2)17(13)19-12-15-6-4-3-5-7-15/h3-7,10-11,18H,8-9,12H2,1-2H3. The van der Waals surface area contributed by atoms with Crippen LogP contribution in [-0.2, 0) is 13.0 Å². The molecule has 0 aliphatic heterocycles. The molecule has 0 bridgehead atoms. The maximum Gasteiger partial charge on any atom is 0.125 e. The van der Waals surface area contributed by atoms with E-state index in [1.54, 1.807) is 0 Å². The van der Waals surface area contributed by atoms with E-state index in [1.807, 2.05) is 32.0 Å². The van der Waals surface area contributed by atoms with E-state index in [0.29, 0.717) is 13.0 Å². The maximum absolute atomic E-state index is 8.99. The van der Waals surface area contributed by atoms with Crippen molar-refractivity contribution in [1.82, 2.24) is 0 Å². The monoisotopic (exact) mass is 256 g/mol. The molecule has 0 aliphatic rings.